The molecule has 1 saturated heterocycles. The van der Waals surface area contributed by atoms with E-state index in [0.29, 0.717) is 5.46 Å². The van der Waals surface area contributed by atoms with Gasteiger partial charge in [-0.3, -0.25) is 0 Å². The van der Waals surface area contributed by atoms with E-state index in [2.05, 4.69) is 0 Å². The van der Waals surface area contributed by atoms with Crippen molar-refractivity contribution >= 4 is 18.6 Å². The highest BCUT2D eigenvalue weighted by Crippen LogP contribution is 2.44. The van der Waals surface area contributed by atoms with E-state index in [9.17, 15) is 18.0 Å². The maximum Gasteiger partial charge on any atom is 0.495 e. The van der Waals surface area contributed by atoms with Gasteiger partial charge in [0.05, 0.1) is 30.3 Å². The van der Waals surface area contributed by atoms with Gasteiger partial charge in [0.1, 0.15) is 0 Å². The zero-order valence-corrected chi connectivity index (χ0v) is 13.4. The lowest BCUT2D eigenvalue weighted by Crippen LogP contribution is -2.47. The highest BCUT2D eigenvalue weighted by atomic mass is 19.4. The van der Waals surface area contributed by atoms with Crippen LogP contribution < -0.4 is 5.46 Å². The fraction of sp³-hybridized carbons (Fsp3) is 0.533. The highest BCUT2D eigenvalue weighted by Gasteiger charge is 2.58. The topological polar surface area (TPSA) is 44.8 Å². The predicted octanol–water partition coefficient (Wildman–Crippen LogP) is 2.70. The molecule has 4 nitrogen and oxygen atoms in total. The van der Waals surface area contributed by atoms with Crippen LogP contribution in [0.2, 0.25) is 0 Å². The summed E-state index contributed by atoms with van der Waals surface area (Å²) in [6.07, 6.45) is -5.55. The van der Waals surface area contributed by atoms with Crippen molar-refractivity contribution in [3.05, 3.63) is 29.8 Å². The Kier molecular flexibility index (Phi) is 4.52. The molecule has 23 heavy (non-hydrogen) atoms. The van der Waals surface area contributed by atoms with Gasteiger partial charge in [0.2, 0.25) is 0 Å². The first-order valence-corrected chi connectivity index (χ1v) is 7.09. The maximum atomic E-state index is 12.9. The minimum atomic E-state index is -4.40. The summed E-state index contributed by atoms with van der Waals surface area (Å²) >= 11 is 0. The number of esters is 1. The van der Waals surface area contributed by atoms with Crippen molar-refractivity contribution in [1.82, 2.24) is 0 Å². The first kappa shape index (κ1) is 17.8. The third-order valence-corrected chi connectivity index (χ3v) is 4.20. The molecule has 0 spiro atoms. The summed E-state index contributed by atoms with van der Waals surface area (Å²) in [5, 5.41) is 0. The van der Waals surface area contributed by atoms with E-state index in [0.717, 1.165) is 0 Å². The highest BCUT2D eigenvalue weighted by molar-refractivity contribution is 6.63. The largest absolute Gasteiger partial charge is 0.495 e. The summed E-state index contributed by atoms with van der Waals surface area (Å²) in [5.74, 6) is -0.602. The Bertz CT molecular complexity index is 603. The number of hydrogen-bond donors (Lipinski definition) is 0. The van der Waals surface area contributed by atoms with Crippen LogP contribution in [0, 0.1) is 0 Å². The van der Waals surface area contributed by atoms with Gasteiger partial charge in [-0.25, -0.2) is 4.79 Å². The van der Waals surface area contributed by atoms with Gasteiger partial charge >= 0.3 is 19.3 Å². The van der Waals surface area contributed by atoms with Gasteiger partial charge in [0, 0.05) is 0 Å². The molecule has 1 unspecified atom stereocenters. The number of rotatable bonds is 3. The fourth-order valence-electron chi connectivity index (χ4n) is 2.56. The monoisotopic (exact) mass is 330 g/mol. The Morgan fingerprint density at radius 1 is 1.22 bits per heavy atom. The van der Waals surface area contributed by atoms with Gasteiger partial charge in [-0.2, -0.15) is 13.2 Å². The Morgan fingerprint density at radius 3 is 2.39 bits per heavy atom. The molecule has 1 aliphatic heterocycles. The average molecular weight is 330 g/mol. The van der Waals surface area contributed by atoms with E-state index >= 15 is 0 Å². The Hall–Kier alpha value is -1.54. The number of ether oxygens (including phenoxy) is 1. The normalized spacial score (nSPS) is 23.9. The molecule has 1 aromatic carbocycles. The molecule has 0 saturated carbocycles. The van der Waals surface area contributed by atoms with E-state index < -0.39 is 36.9 Å². The van der Waals surface area contributed by atoms with E-state index in [-0.39, 0.29) is 5.56 Å². The second-order valence-electron chi connectivity index (χ2n) is 6.18. The van der Waals surface area contributed by atoms with Gasteiger partial charge < -0.3 is 14.0 Å². The molecule has 0 radical (unpaired) electrons. The molecule has 0 aliphatic carbocycles. The van der Waals surface area contributed by atoms with Crippen LogP contribution >= 0.6 is 0 Å². The molecule has 0 bridgehead atoms. The van der Waals surface area contributed by atoms with E-state index in [1.54, 1.807) is 32.0 Å². The molecule has 1 fully saturated rings. The molecule has 1 heterocycles. The fourth-order valence-corrected chi connectivity index (χ4v) is 2.56. The third kappa shape index (κ3) is 3.53. The molecule has 1 aliphatic rings. The maximum absolute atomic E-state index is 12.9. The quantitative estimate of drug-likeness (QED) is 0.631. The van der Waals surface area contributed by atoms with Gasteiger partial charge in [0.15, 0.2) is 0 Å². The van der Waals surface area contributed by atoms with Crippen molar-refractivity contribution in [2.45, 2.75) is 44.6 Å². The number of halogens is 3. The summed E-state index contributed by atoms with van der Waals surface area (Å²) in [7, 11) is 0.153. The van der Waals surface area contributed by atoms with E-state index in [4.69, 9.17) is 14.0 Å². The lowest BCUT2D eigenvalue weighted by atomic mass is 9.76. The average Bonchev–Trinajstić information content (AvgIpc) is 2.65. The van der Waals surface area contributed by atoms with Gasteiger partial charge in [0.25, 0.3) is 0 Å². The Labute approximate surface area is 133 Å². The van der Waals surface area contributed by atoms with Crippen molar-refractivity contribution in [3.63, 3.8) is 0 Å². The molecule has 0 aromatic heterocycles. The van der Waals surface area contributed by atoms with Gasteiger partial charge in [-0.1, -0.05) is 18.2 Å². The molecule has 8 heteroatoms. The minimum absolute atomic E-state index is 0.201. The summed E-state index contributed by atoms with van der Waals surface area (Å²) < 4.78 is 54.6. The standard InChI is InChI=1S/C15H18BF3O4/c1-13(2)14(3,9-15(17,18)19)23-16(22-13)11-8-6-5-7-10(11)12(20)21-4/h5-8H,9H2,1-4H3. The number of carbonyl (C=O) groups excluding carboxylic acids is 1. The molecule has 1 atom stereocenters. The van der Waals surface area contributed by atoms with Crippen LogP contribution in [0.15, 0.2) is 24.3 Å². The Morgan fingerprint density at radius 2 is 1.83 bits per heavy atom. The van der Waals surface area contributed by atoms with Crippen molar-refractivity contribution in [3.8, 4) is 0 Å². The number of alkyl halides is 3. The first-order chi connectivity index (χ1) is 10.5. The predicted molar refractivity (Wildman–Crippen MR) is 78.5 cm³/mol. The van der Waals surface area contributed by atoms with Crippen LogP contribution in [0.3, 0.4) is 0 Å². The molecular formula is C15H18BF3O4. The van der Waals surface area contributed by atoms with Crippen molar-refractivity contribution in [2.24, 2.45) is 0 Å². The zero-order valence-electron chi connectivity index (χ0n) is 13.4. The minimum Gasteiger partial charge on any atom is -0.465 e. The third-order valence-electron chi connectivity index (χ3n) is 4.20. The second-order valence-corrected chi connectivity index (χ2v) is 6.18. The molecule has 2 rings (SSSR count). The van der Waals surface area contributed by atoms with Crippen LogP contribution in [-0.2, 0) is 14.0 Å². The lowest BCUT2D eigenvalue weighted by molar-refractivity contribution is -0.181. The Balaban J connectivity index is 2.36. The molecule has 126 valence electrons. The summed E-state index contributed by atoms with van der Waals surface area (Å²) in [4.78, 5) is 11.8. The number of methoxy groups -OCH3 is 1. The number of benzene rings is 1. The van der Waals surface area contributed by atoms with Crippen molar-refractivity contribution in [2.75, 3.05) is 7.11 Å². The second kappa shape index (κ2) is 5.83. The van der Waals surface area contributed by atoms with Gasteiger partial charge in [-0.15, -0.1) is 0 Å². The lowest BCUT2D eigenvalue weighted by Gasteiger charge is -2.36. The zero-order chi connectivity index (χ0) is 17.5. The summed E-state index contributed by atoms with van der Waals surface area (Å²) in [6, 6.07) is 6.37. The molecule has 0 N–H and O–H groups in total. The SMILES string of the molecule is COC(=O)c1ccccc1B1OC(C)(C)C(C)(CC(F)(F)F)O1. The number of carbonyl (C=O) groups is 1. The molecule has 1 aromatic rings. The van der Waals surface area contributed by atoms with Crippen LogP contribution in [0.1, 0.15) is 37.6 Å². The van der Waals surface area contributed by atoms with Gasteiger partial charge in [-0.05, 0) is 32.3 Å². The smallest absolute Gasteiger partial charge is 0.465 e. The van der Waals surface area contributed by atoms with Crippen molar-refractivity contribution in [1.29, 1.82) is 0 Å². The van der Waals surface area contributed by atoms with Crippen molar-refractivity contribution < 1.29 is 32.0 Å². The molecular weight excluding hydrogens is 312 g/mol. The number of hydrogen-bond acceptors (Lipinski definition) is 4. The van der Waals surface area contributed by atoms with E-state index in [1.807, 2.05) is 0 Å². The van der Waals surface area contributed by atoms with Crippen LogP contribution in [-0.4, -0.2) is 37.6 Å². The first-order valence-electron chi connectivity index (χ1n) is 7.09. The summed E-state index contributed by atoms with van der Waals surface area (Å²) in [5.41, 5.74) is -2.21. The van der Waals surface area contributed by atoms with E-state index in [1.165, 1.54) is 20.1 Å². The molecule has 0 amide bonds. The summed E-state index contributed by atoms with van der Waals surface area (Å²) in [6.45, 7) is 4.44. The van der Waals surface area contributed by atoms with Crippen LogP contribution in [0.4, 0.5) is 13.2 Å². The van der Waals surface area contributed by atoms with Crippen LogP contribution in [0.25, 0.3) is 0 Å². The van der Waals surface area contributed by atoms with Crippen LogP contribution in [0.5, 0.6) is 0 Å².